The molecular formula is C18H22N4O4. The van der Waals surface area contributed by atoms with Crippen LogP contribution in [0, 0.1) is 13.8 Å². The number of nitrogens with zero attached hydrogens (tertiary/aromatic N) is 3. The van der Waals surface area contributed by atoms with E-state index in [1.807, 2.05) is 0 Å². The van der Waals surface area contributed by atoms with Gasteiger partial charge in [0.05, 0.1) is 17.2 Å². The molecule has 2 aromatic rings. The van der Waals surface area contributed by atoms with E-state index >= 15 is 0 Å². The maximum atomic E-state index is 12.9. The van der Waals surface area contributed by atoms with Crippen LogP contribution in [0.4, 0.5) is 0 Å². The van der Waals surface area contributed by atoms with Crippen LogP contribution in [0.2, 0.25) is 0 Å². The number of piperidine rings is 1. The van der Waals surface area contributed by atoms with Crippen LogP contribution in [0.15, 0.2) is 34.1 Å². The maximum absolute atomic E-state index is 12.9. The first-order valence-corrected chi connectivity index (χ1v) is 8.46. The molecule has 3 rings (SSSR count). The average molecular weight is 358 g/mol. The number of aryl methyl sites for hydroxylation is 2. The van der Waals surface area contributed by atoms with Crippen molar-refractivity contribution in [3.63, 3.8) is 0 Å². The first kappa shape index (κ1) is 18.1. The highest BCUT2D eigenvalue weighted by Crippen LogP contribution is 2.31. The molecule has 26 heavy (non-hydrogen) atoms. The number of amides is 1. The summed E-state index contributed by atoms with van der Waals surface area (Å²) in [7, 11) is 0. The highest BCUT2D eigenvalue weighted by molar-refractivity contribution is 5.95. The number of likely N-dealkylation sites (tertiary alicyclic amines) is 1. The second-order valence-corrected chi connectivity index (χ2v) is 6.99. The summed E-state index contributed by atoms with van der Waals surface area (Å²) < 4.78 is 1.31. The van der Waals surface area contributed by atoms with Crippen molar-refractivity contribution in [1.82, 2.24) is 19.4 Å². The van der Waals surface area contributed by atoms with Crippen molar-refractivity contribution < 1.29 is 9.90 Å². The van der Waals surface area contributed by atoms with Crippen molar-refractivity contribution in [2.75, 3.05) is 13.1 Å². The lowest BCUT2D eigenvalue weighted by molar-refractivity contribution is -0.0460. The second-order valence-electron chi connectivity index (χ2n) is 6.99. The third-order valence-electron chi connectivity index (χ3n) is 5.01. The molecular weight excluding hydrogens is 336 g/mol. The molecule has 0 unspecified atom stereocenters. The van der Waals surface area contributed by atoms with Gasteiger partial charge in [-0.1, -0.05) is 0 Å². The second kappa shape index (κ2) is 6.53. The number of carbonyl (C=O) groups excluding carboxylic acids is 1. The van der Waals surface area contributed by atoms with Gasteiger partial charge in [-0.05, 0) is 39.3 Å². The van der Waals surface area contributed by atoms with Crippen molar-refractivity contribution in [3.8, 4) is 0 Å². The molecule has 0 aromatic carbocycles. The van der Waals surface area contributed by atoms with Crippen LogP contribution in [0.5, 0.6) is 0 Å². The Hall–Kier alpha value is -2.74. The van der Waals surface area contributed by atoms with Gasteiger partial charge in [0.15, 0.2) is 0 Å². The zero-order chi connectivity index (χ0) is 19.1. The average Bonchev–Trinajstić information content (AvgIpc) is 2.58. The molecule has 1 saturated heterocycles. The van der Waals surface area contributed by atoms with E-state index in [1.54, 1.807) is 44.0 Å². The molecule has 0 aliphatic carbocycles. The molecule has 2 atom stereocenters. The molecule has 138 valence electrons. The third kappa shape index (κ3) is 3.20. The molecule has 2 aromatic heterocycles. The quantitative estimate of drug-likeness (QED) is 0.807. The SMILES string of the molecule is Cc1ncccc1C(=O)N1CC[C@@](C)(O)[C@H](n2cc(C)c(=O)[nH]c2=O)C1. The van der Waals surface area contributed by atoms with Crippen LogP contribution >= 0.6 is 0 Å². The van der Waals surface area contributed by atoms with Crippen LogP contribution in [-0.2, 0) is 0 Å². The summed E-state index contributed by atoms with van der Waals surface area (Å²) in [4.78, 5) is 44.8. The topological polar surface area (TPSA) is 108 Å². The fraction of sp³-hybridized carbons (Fsp3) is 0.444. The van der Waals surface area contributed by atoms with Gasteiger partial charge in [0, 0.05) is 36.7 Å². The number of aromatic nitrogens is 3. The van der Waals surface area contributed by atoms with E-state index in [4.69, 9.17) is 0 Å². The van der Waals surface area contributed by atoms with E-state index in [-0.39, 0.29) is 12.5 Å². The van der Waals surface area contributed by atoms with Crippen molar-refractivity contribution in [1.29, 1.82) is 0 Å². The summed E-state index contributed by atoms with van der Waals surface area (Å²) in [6, 6.07) is 2.75. The molecule has 8 nitrogen and oxygen atoms in total. The van der Waals surface area contributed by atoms with Crippen molar-refractivity contribution in [3.05, 3.63) is 62.2 Å². The zero-order valence-corrected chi connectivity index (χ0v) is 15.0. The van der Waals surface area contributed by atoms with E-state index in [9.17, 15) is 19.5 Å². The van der Waals surface area contributed by atoms with Gasteiger partial charge >= 0.3 is 5.69 Å². The summed E-state index contributed by atoms with van der Waals surface area (Å²) >= 11 is 0. The Morgan fingerprint density at radius 3 is 2.81 bits per heavy atom. The first-order valence-electron chi connectivity index (χ1n) is 8.46. The van der Waals surface area contributed by atoms with E-state index in [2.05, 4.69) is 9.97 Å². The van der Waals surface area contributed by atoms with E-state index in [0.717, 1.165) is 0 Å². The summed E-state index contributed by atoms with van der Waals surface area (Å²) in [5, 5.41) is 10.8. The molecule has 1 amide bonds. The van der Waals surface area contributed by atoms with Gasteiger partial charge in [0.25, 0.3) is 11.5 Å². The highest BCUT2D eigenvalue weighted by Gasteiger charge is 2.41. The van der Waals surface area contributed by atoms with Crippen LogP contribution < -0.4 is 11.2 Å². The number of aromatic amines is 1. The summed E-state index contributed by atoms with van der Waals surface area (Å²) in [6.07, 6.45) is 3.37. The number of hydrogen-bond donors (Lipinski definition) is 2. The first-order chi connectivity index (χ1) is 12.2. The Morgan fingerprint density at radius 1 is 1.38 bits per heavy atom. The molecule has 1 aliphatic heterocycles. The molecule has 8 heteroatoms. The number of rotatable bonds is 2. The Kier molecular flexibility index (Phi) is 4.53. The number of hydrogen-bond acceptors (Lipinski definition) is 5. The van der Waals surface area contributed by atoms with Crippen LogP contribution in [-0.4, -0.2) is 49.1 Å². The lowest BCUT2D eigenvalue weighted by Crippen LogP contribution is -2.55. The minimum absolute atomic E-state index is 0.158. The summed E-state index contributed by atoms with van der Waals surface area (Å²) in [5.74, 6) is -0.190. The Morgan fingerprint density at radius 2 is 2.12 bits per heavy atom. The molecule has 0 radical (unpaired) electrons. The number of aliphatic hydroxyl groups is 1. The Labute approximate surface area is 150 Å². The summed E-state index contributed by atoms with van der Waals surface area (Å²) in [6.45, 7) is 5.52. The van der Waals surface area contributed by atoms with Gasteiger partial charge in [-0.15, -0.1) is 0 Å². The monoisotopic (exact) mass is 358 g/mol. The van der Waals surface area contributed by atoms with Gasteiger partial charge in [0.2, 0.25) is 0 Å². The fourth-order valence-corrected chi connectivity index (χ4v) is 3.29. The van der Waals surface area contributed by atoms with Crippen LogP contribution in [0.25, 0.3) is 0 Å². The van der Waals surface area contributed by atoms with Crippen LogP contribution in [0.1, 0.15) is 41.0 Å². The summed E-state index contributed by atoms with van der Waals surface area (Å²) in [5.41, 5.74) is -0.749. The van der Waals surface area contributed by atoms with Crippen molar-refractivity contribution >= 4 is 5.91 Å². The predicted octanol–water partition coefficient (Wildman–Crippen LogP) is 0.387. The fourth-order valence-electron chi connectivity index (χ4n) is 3.29. The number of carbonyl (C=O) groups is 1. The smallest absolute Gasteiger partial charge is 0.328 e. The minimum Gasteiger partial charge on any atom is -0.388 e. The number of pyridine rings is 1. The molecule has 1 aliphatic rings. The standard InChI is InChI=1S/C18H22N4O4/c1-11-9-22(17(25)20-15(11)23)14-10-21(8-6-18(14,3)26)16(24)13-5-4-7-19-12(13)2/h4-5,7,9,14,26H,6,8,10H2,1-3H3,(H,20,23,25)/t14-,18-/m1/s1. The third-order valence-corrected chi connectivity index (χ3v) is 5.01. The van der Waals surface area contributed by atoms with Crippen molar-refractivity contribution in [2.45, 2.75) is 38.8 Å². The Balaban J connectivity index is 1.97. The van der Waals surface area contributed by atoms with Gasteiger partial charge in [-0.25, -0.2) is 4.79 Å². The Bertz CT molecular complexity index is 960. The largest absolute Gasteiger partial charge is 0.388 e. The molecule has 0 bridgehead atoms. The van der Waals surface area contributed by atoms with Gasteiger partial charge in [0.1, 0.15) is 0 Å². The molecule has 1 fully saturated rings. The normalized spacial score (nSPS) is 23.1. The maximum Gasteiger partial charge on any atom is 0.328 e. The zero-order valence-electron chi connectivity index (χ0n) is 15.0. The van der Waals surface area contributed by atoms with Gasteiger partial charge in [-0.2, -0.15) is 0 Å². The molecule has 2 N–H and O–H groups in total. The minimum atomic E-state index is -1.19. The molecule has 3 heterocycles. The molecule has 0 spiro atoms. The van der Waals surface area contributed by atoms with Gasteiger partial charge < -0.3 is 10.0 Å². The lowest BCUT2D eigenvalue weighted by atomic mass is 9.87. The lowest BCUT2D eigenvalue weighted by Gasteiger charge is -2.43. The van der Waals surface area contributed by atoms with Crippen LogP contribution in [0.3, 0.4) is 0 Å². The van der Waals surface area contributed by atoms with E-state index < -0.39 is 22.9 Å². The van der Waals surface area contributed by atoms with E-state index in [1.165, 1.54) is 10.8 Å². The van der Waals surface area contributed by atoms with Crippen molar-refractivity contribution in [2.24, 2.45) is 0 Å². The highest BCUT2D eigenvalue weighted by atomic mass is 16.3. The van der Waals surface area contributed by atoms with E-state index in [0.29, 0.717) is 29.8 Å². The molecule has 0 saturated carbocycles. The number of nitrogens with one attached hydrogen (secondary N) is 1. The predicted molar refractivity (Wildman–Crippen MR) is 95.2 cm³/mol. The van der Waals surface area contributed by atoms with Gasteiger partial charge in [-0.3, -0.25) is 24.1 Å². The number of H-pyrrole nitrogens is 1.